The molecule has 2 aromatic rings. The van der Waals surface area contributed by atoms with E-state index in [4.69, 9.17) is 15.0 Å². The lowest BCUT2D eigenvalue weighted by Crippen LogP contribution is -2.42. The predicted octanol–water partition coefficient (Wildman–Crippen LogP) is 1.15. The van der Waals surface area contributed by atoms with Crippen molar-refractivity contribution in [1.82, 2.24) is 15.5 Å². The quantitative estimate of drug-likeness (QED) is 0.801. The second kappa shape index (κ2) is 5.91. The number of pyridine rings is 1. The molecule has 0 radical (unpaired) electrons. The van der Waals surface area contributed by atoms with Crippen LogP contribution in [0, 0.1) is 6.92 Å². The summed E-state index contributed by atoms with van der Waals surface area (Å²) in [7, 11) is 0. The SMILES string of the molecule is Cc1noc2nc(C3CC3)cc(C(=O)O[C@@H](C)C(=O)NC(N)=O)c12. The van der Waals surface area contributed by atoms with E-state index in [1.807, 2.05) is 5.32 Å². The minimum Gasteiger partial charge on any atom is -0.449 e. The first-order valence-corrected chi connectivity index (χ1v) is 7.45. The Bertz CT molecular complexity index is 840. The molecular formula is C15H16N4O5. The third-order valence-electron chi connectivity index (χ3n) is 3.75. The van der Waals surface area contributed by atoms with Gasteiger partial charge in [0.2, 0.25) is 0 Å². The average Bonchev–Trinajstić information content (AvgIpc) is 3.30. The van der Waals surface area contributed by atoms with Crippen LogP contribution in [0.25, 0.3) is 11.1 Å². The highest BCUT2D eigenvalue weighted by Crippen LogP contribution is 2.40. The smallest absolute Gasteiger partial charge is 0.339 e. The molecule has 0 spiro atoms. The molecule has 1 fully saturated rings. The van der Waals surface area contributed by atoms with Crippen LogP contribution in [-0.4, -0.2) is 34.2 Å². The van der Waals surface area contributed by atoms with Crippen molar-refractivity contribution in [3.8, 4) is 0 Å². The fraction of sp³-hybridized carbons (Fsp3) is 0.400. The van der Waals surface area contributed by atoms with Gasteiger partial charge in [0.15, 0.2) is 6.10 Å². The molecule has 1 saturated carbocycles. The summed E-state index contributed by atoms with van der Waals surface area (Å²) in [6, 6.07) is 0.630. The Morgan fingerprint density at radius 1 is 1.42 bits per heavy atom. The first-order chi connectivity index (χ1) is 11.4. The van der Waals surface area contributed by atoms with Crippen LogP contribution in [0.1, 0.15) is 47.4 Å². The van der Waals surface area contributed by atoms with Crippen molar-refractivity contribution in [1.29, 1.82) is 0 Å². The van der Waals surface area contributed by atoms with E-state index in [-0.39, 0.29) is 11.3 Å². The molecule has 0 saturated heterocycles. The lowest BCUT2D eigenvalue weighted by atomic mass is 10.1. The fourth-order valence-electron chi connectivity index (χ4n) is 2.36. The normalized spacial score (nSPS) is 15.1. The van der Waals surface area contributed by atoms with E-state index in [1.54, 1.807) is 13.0 Å². The molecule has 126 valence electrons. The molecule has 0 aromatic carbocycles. The van der Waals surface area contributed by atoms with Crippen molar-refractivity contribution >= 4 is 29.0 Å². The summed E-state index contributed by atoms with van der Waals surface area (Å²) in [5, 5.41) is 6.14. The molecule has 1 atom stereocenters. The first kappa shape index (κ1) is 15.9. The zero-order valence-electron chi connectivity index (χ0n) is 13.2. The molecule has 2 heterocycles. The molecule has 1 aliphatic carbocycles. The Balaban J connectivity index is 1.89. The van der Waals surface area contributed by atoms with E-state index in [9.17, 15) is 14.4 Å². The molecule has 24 heavy (non-hydrogen) atoms. The fourth-order valence-corrected chi connectivity index (χ4v) is 2.36. The molecule has 9 heteroatoms. The van der Waals surface area contributed by atoms with E-state index >= 15 is 0 Å². The number of amides is 3. The number of primary amides is 1. The number of nitrogens with zero attached hydrogens (tertiary/aromatic N) is 2. The van der Waals surface area contributed by atoms with E-state index < -0.39 is 24.0 Å². The molecular weight excluding hydrogens is 316 g/mol. The van der Waals surface area contributed by atoms with Gasteiger partial charge in [-0.05, 0) is 32.8 Å². The summed E-state index contributed by atoms with van der Waals surface area (Å²) in [6.07, 6.45) is 0.812. The number of fused-ring (bicyclic) bond motifs is 1. The molecule has 2 aromatic heterocycles. The number of aryl methyl sites for hydroxylation is 1. The summed E-state index contributed by atoms with van der Waals surface area (Å²) in [6.45, 7) is 3.03. The standard InChI is InChI=1S/C15H16N4O5/c1-6-11-9(14(21)23-7(2)12(20)18-15(16)22)5-10(8-3-4-8)17-13(11)24-19-6/h5,7-8H,3-4H2,1-2H3,(H3,16,18,20,22)/t7-/m0/s1. The minimum absolute atomic E-state index is 0.236. The maximum Gasteiger partial charge on any atom is 0.339 e. The van der Waals surface area contributed by atoms with Crippen molar-refractivity contribution in [2.45, 2.75) is 38.7 Å². The summed E-state index contributed by atoms with van der Waals surface area (Å²) < 4.78 is 10.3. The molecule has 9 nitrogen and oxygen atoms in total. The van der Waals surface area contributed by atoms with Crippen LogP contribution in [0.3, 0.4) is 0 Å². The van der Waals surface area contributed by atoms with Gasteiger partial charge in [-0.1, -0.05) is 5.16 Å². The number of hydrogen-bond donors (Lipinski definition) is 2. The van der Waals surface area contributed by atoms with Gasteiger partial charge in [0.25, 0.3) is 11.6 Å². The van der Waals surface area contributed by atoms with Crippen LogP contribution >= 0.6 is 0 Å². The third kappa shape index (κ3) is 3.05. The third-order valence-corrected chi connectivity index (χ3v) is 3.75. The van der Waals surface area contributed by atoms with Gasteiger partial charge in [-0.3, -0.25) is 10.1 Å². The van der Waals surface area contributed by atoms with Crippen LogP contribution in [0.4, 0.5) is 4.79 Å². The van der Waals surface area contributed by atoms with Crippen molar-refractivity contribution in [2.75, 3.05) is 0 Å². The molecule has 3 N–H and O–H groups in total. The second-order valence-electron chi connectivity index (χ2n) is 5.72. The number of carbonyl (C=O) groups is 3. The Morgan fingerprint density at radius 2 is 2.12 bits per heavy atom. The second-order valence-corrected chi connectivity index (χ2v) is 5.72. The van der Waals surface area contributed by atoms with E-state index in [0.717, 1.165) is 18.5 Å². The summed E-state index contributed by atoms with van der Waals surface area (Å²) in [4.78, 5) is 39.2. The Labute approximate surface area is 136 Å². The number of carbonyl (C=O) groups excluding carboxylic acids is 3. The monoisotopic (exact) mass is 332 g/mol. The van der Waals surface area contributed by atoms with E-state index in [0.29, 0.717) is 17.0 Å². The molecule has 0 unspecified atom stereocenters. The van der Waals surface area contributed by atoms with Gasteiger partial charge in [0.05, 0.1) is 16.6 Å². The van der Waals surface area contributed by atoms with E-state index in [1.165, 1.54) is 6.92 Å². The van der Waals surface area contributed by atoms with Crippen LogP contribution in [0.15, 0.2) is 10.6 Å². The number of rotatable bonds is 4. The number of imide groups is 1. The molecule has 1 aliphatic rings. The minimum atomic E-state index is -1.18. The Morgan fingerprint density at radius 3 is 2.75 bits per heavy atom. The topological polar surface area (TPSA) is 137 Å². The number of ether oxygens (including phenoxy) is 1. The van der Waals surface area contributed by atoms with Gasteiger partial charge < -0.3 is 15.0 Å². The van der Waals surface area contributed by atoms with Gasteiger partial charge in [-0.25, -0.2) is 14.6 Å². The van der Waals surface area contributed by atoms with E-state index in [2.05, 4.69) is 10.1 Å². The van der Waals surface area contributed by atoms with Gasteiger partial charge in [-0.2, -0.15) is 0 Å². The lowest BCUT2D eigenvalue weighted by molar-refractivity contribution is -0.127. The van der Waals surface area contributed by atoms with Crippen LogP contribution in [0.5, 0.6) is 0 Å². The number of nitrogens with two attached hydrogens (primary N) is 1. The van der Waals surface area contributed by atoms with Gasteiger partial charge in [0, 0.05) is 11.6 Å². The number of hydrogen-bond acceptors (Lipinski definition) is 7. The lowest BCUT2D eigenvalue weighted by Gasteiger charge is -2.12. The average molecular weight is 332 g/mol. The van der Waals surface area contributed by atoms with Gasteiger partial charge >= 0.3 is 12.0 Å². The molecule has 0 bridgehead atoms. The van der Waals surface area contributed by atoms with Crippen molar-refractivity contribution in [3.05, 3.63) is 23.0 Å². The number of nitrogens with one attached hydrogen (secondary N) is 1. The largest absolute Gasteiger partial charge is 0.449 e. The van der Waals surface area contributed by atoms with Crippen molar-refractivity contribution < 1.29 is 23.6 Å². The highest BCUT2D eigenvalue weighted by molar-refractivity contribution is 6.04. The number of esters is 1. The number of urea groups is 1. The zero-order chi connectivity index (χ0) is 17.4. The van der Waals surface area contributed by atoms with Crippen molar-refractivity contribution in [2.24, 2.45) is 5.73 Å². The van der Waals surface area contributed by atoms with Gasteiger partial charge in [0.1, 0.15) is 0 Å². The molecule has 0 aliphatic heterocycles. The summed E-state index contributed by atoms with van der Waals surface area (Å²) >= 11 is 0. The summed E-state index contributed by atoms with van der Waals surface area (Å²) in [5.41, 5.74) is 6.61. The molecule has 3 amide bonds. The Hall–Kier alpha value is -2.97. The zero-order valence-corrected chi connectivity index (χ0v) is 13.2. The Kier molecular flexibility index (Phi) is 3.92. The first-order valence-electron chi connectivity index (χ1n) is 7.45. The van der Waals surface area contributed by atoms with Crippen LogP contribution < -0.4 is 11.1 Å². The highest BCUT2D eigenvalue weighted by atomic mass is 16.5. The van der Waals surface area contributed by atoms with Crippen LogP contribution in [0.2, 0.25) is 0 Å². The predicted molar refractivity (Wildman–Crippen MR) is 81.1 cm³/mol. The van der Waals surface area contributed by atoms with Crippen molar-refractivity contribution in [3.63, 3.8) is 0 Å². The number of aromatic nitrogens is 2. The maximum absolute atomic E-state index is 12.5. The maximum atomic E-state index is 12.5. The highest BCUT2D eigenvalue weighted by Gasteiger charge is 2.30. The van der Waals surface area contributed by atoms with Crippen LogP contribution in [-0.2, 0) is 9.53 Å². The molecule has 3 rings (SSSR count). The summed E-state index contributed by atoms with van der Waals surface area (Å²) in [5.74, 6) is -1.23. The van der Waals surface area contributed by atoms with Gasteiger partial charge in [-0.15, -0.1) is 0 Å².